The summed E-state index contributed by atoms with van der Waals surface area (Å²) in [7, 11) is 0. The zero-order valence-corrected chi connectivity index (χ0v) is 13.3. The Hall–Kier alpha value is -0.650. The summed E-state index contributed by atoms with van der Waals surface area (Å²) < 4.78 is 5.15. The third-order valence-electron chi connectivity index (χ3n) is 2.77. The fourth-order valence-electron chi connectivity index (χ4n) is 1.52. The van der Waals surface area contributed by atoms with Crippen LogP contribution in [0.5, 0.6) is 0 Å². The van der Waals surface area contributed by atoms with Crippen LogP contribution in [0.3, 0.4) is 0 Å². The number of rotatable bonds is 11. The van der Waals surface area contributed by atoms with Gasteiger partial charge >= 0.3 is 5.97 Å². The number of nitrogens with two attached hydrogens (primary N) is 1. The molecule has 0 aliphatic heterocycles. The number of unbranched alkanes of at least 4 members (excludes halogenated alkanes) is 4. The standard InChI is InChI=1S/C13H26O3.C2H7NO/c1-11(2)9-7-5-4-6-8-10-16-12(3)13(14)15;3-1-2-4/h11-12H,4-10H2,1-3H3,(H,14,15);4H,1-3H2. The highest BCUT2D eigenvalue weighted by Crippen LogP contribution is 2.10. The summed E-state index contributed by atoms with van der Waals surface area (Å²) in [5, 5.41) is 16.3. The second-order valence-corrected chi connectivity index (χ2v) is 5.31. The number of aliphatic hydroxyl groups is 1. The summed E-state index contributed by atoms with van der Waals surface area (Å²) >= 11 is 0. The summed E-state index contributed by atoms with van der Waals surface area (Å²) in [4.78, 5) is 10.4. The quantitative estimate of drug-likeness (QED) is 0.508. The number of aliphatic carboxylic acids is 1. The monoisotopic (exact) mass is 291 g/mol. The van der Waals surface area contributed by atoms with Gasteiger partial charge < -0.3 is 20.7 Å². The smallest absolute Gasteiger partial charge is 0.332 e. The Labute approximate surface area is 123 Å². The molecule has 0 aliphatic carbocycles. The first-order chi connectivity index (χ1) is 9.45. The third-order valence-corrected chi connectivity index (χ3v) is 2.77. The molecular weight excluding hydrogens is 258 g/mol. The lowest BCUT2D eigenvalue weighted by molar-refractivity contribution is -0.149. The summed E-state index contributed by atoms with van der Waals surface area (Å²) in [5.41, 5.74) is 4.78. The minimum Gasteiger partial charge on any atom is -0.479 e. The van der Waals surface area contributed by atoms with Crippen LogP contribution in [0.15, 0.2) is 0 Å². The van der Waals surface area contributed by atoms with E-state index < -0.39 is 12.1 Å². The van der Waals surface area contributed by atoms with E-state index in [9.17, 15) is 4.79 Å². The average Bonchev–Trinajstić information content (AvgIpc) is 2.41. The fraction of sp³-hybridized carbons (Fsp3) is 0.933. The van der Waals surface area contributed by atoms with E-state index in [1.807, 2.05) is 0 Å². The van der Waals surface area contributed by atoms with E-state index >= 15 is 0 Å². The van der Waals surface area contributed by atoms with Crippen LogP contribution in [0.2, 0.25) is 0 Å². The summed E-state index contributed by atoms with van der Waals surface area (Å²) in [6.45, 7) is 7.12. The van der Waals surface area contributed by atoms with E-state index in [0.717, 1.165) is 18.8 Å². The van der Waals surface area contributed by atoms with Gasteiger partial charge in [-0.05, 0) is 19.3 Å². The molecule has 0 amide bonds. The highest BCUT2D eigenvalue weighted by atomic mass is 16.5. The molecule has 0 aromatic rings. The van der Waals surface area contributed by atoms with Gasteiger partial charge in [-0.15, -0.1) is 0 Å². The van der Waals surface area contributed by atoms with Gasteiger partial charge in [-0.1, -0.05) is 46.0 Å². The topological polar surface area (TPSA) is 92.8 Å². The molecule has 0 rings (SSSR count). The van der Waals surface area contributed by atoms with Crippen molar-refractivity contribution in [1.29, 1.82) is 0 Å². The number of hydrogen-bond donors (Lipinski definition) is 3. The average molecular weight is 291 g/mol. The van der Waals surface area contributed by atoms with Crippen molar-refractivity contribution in [3.8, 4) is 0 Å². The Morgan fingerprint density at radius 3 is 2.05 bits per heavy atom. The van der Waals surface area contributed by atoms with Crippen LogP contribution in [-0.4, -0.2) is 42.0 Å². The molecule has 0 saturated heterocycles. The lowest BCUT2D eigenvalue weighted by Gasteiger charge is -2.08. The first kappa shape index (κ1) is 21.6. The molecule has 1 atom stereocenters. The summed E-state index contributed by atoms with van der Waals surface area (Å²) in [6.07, 6.45) is 6.59. The molecule has 1 unspecified atom stereocenters. The Morgan fingerprint density at radius 2 is 1.60 bits per heavy atom. The maximum Gasteiger partial charge on any atom is 0.332 e. The molecule has 0 aromatic heterocycles. The molecule has 4 N–H and O–H groups in total. The second kappa shape index (κ2) is 16.4. The predicted octanol–water partition coefficient (Wildman–Crippen LogP) is 2.41. The number of carboxylic acids is 1. The molecule has 0 fully saturated rings. The fourth-order valence-corrected chi connectivity index (χ4v) is 1.52. The molecule has 0 bridgehead atoms. The van der Waals surface area contributed by atoms with E-state index in [4.69, 9.17) is 20.7 Å². The predicted molar refractivity (Wildman–Crippen MR) is 81.7 cm³/mol. The first-order valence-electron chi connectivity index (χ1n) is 7.61. The Kier molecular flexibility index (Phi) is 17.8. The van der Waals surface area contributed by atoms with Crippen LogP contribution in [0, 0.1) is 5.92 Å². The molecule has 20 heavy (non-hydrogen) atoms. The van der Waals surface area contributed by atoms with Crippen LogP contribution >= 0.6 is 0 Å². The van der Waals surface area contributed by atoms with Gasteiger partial charge in [0.2, 0.25) is 0 Å². The maximum absolute atomic E-state index is 10.4. The molecule has 0 aromatic carbocycles. The largest absolute Gasteiger partial charge is 0.479 e. The highest BCUT2D eigenvalue weighted by molar-refractivity contribution is 5.71. The van der Waals surface area contributed by atoms with Crippen molar-refractivity contribution < 1.29 is 19.7 Å². The SMILES string of the molecule is CC(C)CCCCCCCOC(C)C(=O)O.NCCO. The molecule has 0 heterocycles. The van der Waals surface area contributed by atoms with Crippen molar-refractivity contribution in [2.24, 2.45) is 11.7 Å². The zero-order chi connectivity index (χ0) is 15.8. The van der Waals surface area contributed by atoms with Gasteiger partial charge in [0.1, 0.15) is 0 Å². The third kappa shape index (κ3) is 19.7. The lowest BCUT2D eigenvalue weighted by Crippen LogP contribution is -2.20. The molecule has 0 saturated carbocycles. The van der Waals surface area contributed by atoms with Crippen LogP contribution in [-0.2, 0) is 9.53 Å². The Morgan fingerprint density at radius 1 is 1.10 bits per heavy atom. The minimum atomic E-state index is -0.878. The first-order valence-corrected chi connectivity index (χ1v) is 7.61. The number of carbonyl (C=O) groups is 1. The zero-order valence-electron chi connectivity index (χ0n) is 13.3. The van der Waals surface area contributed by atoms with Crippen molar-refractivity contribution in [1.82, 2.24) is 0 Å². The lowest BCUT2D eigenvalue weighted by atomic mass is 10.0. The van der Waals surface area contributed by atoms with E-state index in [1.54, 1.807) is 6.92 Å². The van der Waals surface area contributed by atoms with Crippen molar-refractivity contribution in [2.75, 3.05) is 19.8 Å². The van der Waals surface area contributed by atoms with Gasteiger partial charge in [-0.25, -0.2) is 4.79 Å². The Bertz CT molecular complexity index is 208. The summed E-state index contributed by atoms with van der Waals surface area (Å²) in [6, 6.07) is 0. The molecule has 5 nitrogen and oxygen atoms in total. The van der Waals surface area contributed by atoms with Gasteiger partial charge in [-0.2, -0.15) is 0 Å². The van der Waals surface area contributed by atoms with E-state index in [0.29, 0.717) is 13.2 Å². The van der Waals surface area contributed by atoms with E-state index in [-0.39, 0.29) is 6.61 Å². The maximum atomic E-state index is 10.4. The number of carboxylic acid groups (broad SMARTS) is 1. The van der Waals surface area contributed by atoms with Crippen LogP contribution in [0.1, 0.15) is 59.3 Å². The molecule has 0 aliphatic rings. The molecular formula is C15H33NO4. The van der Waals surface area contributed by atoms with E-state index in [1.165, 1.54) is 25.7 Å². The van der Waals surface area contributed by atoms with Crippen LogP contribution < -0.4 is 5.73 Å². The molecule has 5 heteroatoms. The second-order valence-electron chi connectivity index (χ2n) is 5.31. The number of hydrogen-bond acceptors (Lipinski definition) is 4. The molecule has 122 valence electrons. The van der Waals surface area contributed by atoms with Gasteiger partial charge in [0.05, 0.1) is 6.61 Å². The van der Waals surface area contributed by atoms with E-state index in [2.05, 4.69) is 13.8 Å². The highest BCUT2D eigenvalue weighted by Gasteiger charge is 2.09. The number of aliphatic hydroxyl groups excluding tert-OH is 1. The van der Waals surface area contributed by atoms with Crippen molar-refractivity contribution >= 4 is 5.97 Å². The van der Waals surface area contributed by atoms with Gasteiger partial charge in [0, 0.05) is 13.2 Å². The Balaban J connectivity index is 0. The van der Waals surface area contributed by atoms with Crippen molar-refractivity contribution in [3.05, 3.63) is 0 Å². The van der Waals surface area contributed by atoms with Crippen molar-refractivity contribution in [3.63, 3.8) is 0 Å². The van der Waals surface area contributed by atoms with Crippen LogP contribution in [0.25, 0.3) is 0 Å². The van der Waals surface area contributed by atoms with Crippen LogP contribution in [0.4, 0.5) is 0 Å². The van der Waals surface area contributed by atoms with Gasteiger partial charge in [0.15, 0.2) is 6.10 Å². The molecule has 0 radical (unpaired) electrons. The van der Waals surface area contributed by atoms with Gasteiger partial charge in [0.25, 0.3) is 0 Å². The van der Waals surface area contributed by atoms with Crippen molar-refractivity contribution in [2.45, 2.75) is 65.4 Å². The number of ether oxygens (including phenoxy) is 1. The molecule has 0 spiro atoms. The summed E-state index contributed by atoms with van der Waals surface area (Å²) in [5.74, 6) is -0.0725. The minimum absolute atomic E-state index is 0.0972. The van der Waals surface area contributed by atoms with Gasteiger partial charge in [-0.3, -0.25) is 0 Å². The normalized spacial score (nSPS) is 11.9.